The van der Waals surface area contributed by atoms with Crippen molar-refractivity contribution in [2.24, 2.45) is 0 Å². The summed E-state index contributed by atoms with van der Waals surface area (Å²) in [7, 11) is 0. The minimum atomic E-state index is -0.819. The lowest BCUT2D eigenvalue weighted by atomic mass is 10.2. The van der Waals surface area contributed by atoms with Crippen LogP contribution in [0.1, 0.15) is 16.1 Å². The SMILES string of the molecule is O=C(OCc1ccc(Br)cc1F)c1ncc(Cl)c(Cl)c1Cl. The first-order valence-corrected chi connectivity index (χ1v) is 7.43. The van der Waals surface area contributed by atoms with Gasteiger partial charge in [0.1, 0.15) is 12.4 Å². The Morgan fingerprint density at radius 2 is 2.00 bits per heavy atom. The molecule has 0 saturated heterocycles. The molecule has 0 aliphatic rings. The number of rotatable bonds is 3. The van der Waals surface area contributed by atoms with Crippen molar-refractivity contribution >= 4 is 56.7 Å². The number of benzene rings is 1. The standard InChI is InChI=1S/C13H6BrCl3FNO2/c14-7-2-1-6(9(18)3-7)5-21-13(20)12-11(17)10(16)8(15)4-19-12/h1-4H,5H2. The van der Waals surface area contributed by atoms with Crippen LogP contribution in [0.4, 0.5) is 4.39 Å². The van der Waals surface area contributed by atoms with Gasteiger partial charge in [-0.25, -0.2) is 14.2 Å². The van der Waals surface area contributed by atoms with Crippen LogP contribution >= 0.6 is 50.7 Å². The molecule has 1 heterocycles. The van der Waals surface area contributed by atoms with E-state index in [2.05, 4.69) is 20.9 Å². The van der Waals surface area contributed by atoms with Crippen molar-refractivity contribution in [1.82, 2.24) is 4.98 Å². The predicted octanol–water partition coefficient (Wildman–Crippen LogP) is 5.30. The van der Waals surface area contributed by atoms with E-state index in [0.717, 1.165) is 0 Å². The first-order valence-electron chi connectivity index (χ1n) is 5.50. The summed E-state index contributed by atoms with van der Waals surface area (Å²) in [5.41, 5.74) is 0.0475. The Bertz CT molecular complexity index is 712. The van der Waals surface area contributed by atoms with E-state index in [0.29, 0.717) is 4.47 Å². The van der Waals surface area contributed by atoms with E-state index in [1.54, 1.807) is 6.07 Å². The zero-order valence-electron chi connectivity index (χ0n) is 10.2. The van der Waals surface area contributed by atoms with Crippen molar-refractivity contribution in [3.05, 3.63) is 61.0 Å². The molecule has 1 aromatic carbocycles. The van der Waals surface area contributed by atoms with Gasteiger partial charge in [-0.3, -0.25) is 0 Å². The van der Waals surface area contributed by atoms with Gasteiger partial charge in [-0.15, -0.1) is 0 Å². The highest BCUT2D eigenvalue weighted by Crippen LogP contribution is 2.31. The van der Waals surface area contributed by atoms with Crippen molar-refractivity contribution in [3.63, 3.8) is 0 Å². The van der Waals surface area contributed by atoms with Crippen LogP contribution < -0.4 is 0 Å². The van der Waals surface area contributed by atoms with Gasteiger partial charge in [0.25, 0.3) is 0 Å². The van der Waals surface area contributed by atoms with Gasteiger partial charge >= 0.3 is 5.97 Å². The molecule has 0 amide bonds. The molecule has 0 saturated carbocycles. The predicted molar refractivity (Wildman–Crippen MR) is 82.5 cm³/mol. The lowest BCUT2D eigenvalue weighted by Gasteiger charge is -2.08. The highest BCUT2D eigenvalue weighted by atomic mass is 79.9. The molecule has 0 N–H and O–H groups in total. The molecular formula is C13H6BrCl3FNO2. The fourth-order valence-electron chi connectivity index (χ4n) is 1.44. The quantitative estimate of drug-likeness (QED) is 0.641. The molecule has 0 atom stereocenters. The molecule has 8 heteroatoms. The Morgan fingerprint density at radius 3 is 2.67 bits per heavy atom. The molecule has 0 fully saturated rings. The number of esters is 1. The third-order valence-electron chi connectivity index (χ3n) is 2.48. The molecule has 1 aromatic heterocycles. The maximum atomic E-state index is 13.6. The van der Waals surface area contributed by atoms with E-state index >= 15 is 0 Å². The molecule has 0 spiro atoms. The number of hydrogen-bond donors (Lipinski definition) is 0. The van der Waals surface area contributed by atoms with Gasteiger partial charge < -0.3 is 4.74 Å². The molecule has 110 valence electrons. The maximum Gasteiger partial charge on any atom is 0.358 e. The van der Waals surface area contributed by atoms with Crippen molar-refractivity contribution in [3.8, 4) is 0 Å². The zero-order chi connectivity index (χ0) is 15.6. The first-order chi connectivity index (χ1) is 9.90. The molecule has 3 nitrogen and oxygen atoms in total. The van der Waals surface area contributed by atoms with Crippen molar-refractivity contribution in [1.29, 1.82) is 0 Å². The molecule has 0 bridgehead atoms. The monoisotopic (exact) mass is 411 g/mol. The molecule has 21 heavy (non-hydrogen) atoms. The molecule has 2 aromatic rings. The van der Waals surface area contributed by atoms with Gasteiger partial charge in [0, 0.05) is 16.2 Å². The van der Waals surface area contributed by atoms with Crippen LogP contribution in [0.15, 0.2) is 28.9 Å². The third-order valence-corrected chi connectivity index (χ3v) is 4.22. The molecule has 0 aliphatic heterocycles. The molecule has 0 radical (unpaired) electrons. The number of carbonyl (C=O) groups is 1. The number of ether oxygens (including phenoxy) is 1. The van der Waals surface area contributed by atoms with Crippen molar-refractivity contribution in [2.75, 3.05) is 0 Å². The van der Waals surface area contributed by atoms with Crippen LogP contribution in [0.2, 0.25) is 15.1 Å². The largest absolute Gasteiger partial charge is 0.456 e. The highest BCUT2D eigenvalue weighted by Gasteiger charge is 2.19. The summed E-state index contributed by atoms with van der Waals surface area (Å²) in [6.07, 6.45) is 1.19. The number of halogens is 5. The van der Waals surface area contributed by atoms with Crippen LogP contribution in [-0.4, -0.2) is 11.0 Å². The van der Waals surface area contributed by atoms with Crippen LogP contribution in [0.25, 0.3) is 0 Å². The second kappa shape index (κ2) is 6.92. The second-order valence-electron chi connectivity index (χ2n) is 3.89. The molecular weight excluding hydrogens is 407 g/mol. The van der Waals surface area contributed by atoms with Crippen LogP contribution in [0.3, 0.4) is 0 Å². The van der Waals surface area contributed by atoms with E-state index in [9.17, 15) is 9.18 Å². The van der Waals surface area contributed by atoms with E-state index in [4.69, 9.17) is 39.5 Å². The lowest BCUT2D eigenvalue weighted by molar-refractivity contribution is 0.0462. The Hall–Kier alpha value is -0.880. The van der Waals surface area contributed by atoms with E-state index in [1.807, 2.05) is 0 Å². The van der Waals surface area contributed by atoms with Gasteiger partial charge in [-0.05, 0) is 12.1 Å². The first kappa shape index (κ1) is 16.5. The number of aromatic nitrogens is 1. The number of pyridine rings is 1. The van der Waals surface area contributed by atoms with Crippen molar-refractivity contribution in [2.45, 2.75) is 6.61 Å². The minimum absolute atomic E-state index is 0.00936. The second-order valence-corrected chi connectivity index (χ2v) is 5.97. The number of nitrogens with zero attached hydrogens (tertiary/aromatic N) is 1. The summed E-state index contributed by atoms with van der Waals surface area (Å²) in [6, 6.07) is 4.40. The summed E-state index contributed by atoms with van der Waals surface area (Å²) >= 11 is 20.5. The molecule has 2 rings (SSSR count). The molecule has 0 aliphatic carbocycles. The van der Waals surface area contributed by atoms with Gasteiger partial charge in [0.2, 0.25) is 0 Å². The fraction of sp³-hybridized carbons (Fsp3) is 0.0769. The average molecular weight is 413 g/mol. The Balaban J connectivity index is 2.14. The van der Waals surface area contributed by atoms with E-state index in [-0.39, 0.29) is 32.9 Å². The number of carbonyl (C=O) groups excluding carboxylic acids is 1. The van der Waals surface area contributed by atoms with Crippen LogP contribution in [-0.2, 0) is 11.3 Å². The van der Waals surface area contributed by atoms with Crippen LogP contribution in [0, 0.1) is 5.82 Å². The molecule has 0 unspecified atom stereocenters. The van der Waals surface area contributed by atoms with Crippen LogP contribution in [0.5, 0.6) is 0 Å². The van der Waals surface area contributed by atoms with Gasteiger partial charge in [0.15, 0.2) is 5.69 Å². The van der Waals surface area contributed by atoms with E-state index < -0.39 is 11.8 Å². The third kappa shape index (κ3) is 3.86. The Labute approximate surface area is 143 Å². The summed E-state index contributed by atoms with van der Waals surface area (Å²) < 4.78 is 19.2. The van der Waals surface area contributed by atoms with Gasteiger partial charge in [0.05, 0.1) is 15.1 Å². The Morgan fingerprint density at radius 1 is 1.29 bits per heavy atom. The fourth-order valence-corrected chi connectivity index (χ4v) is 2.33. The minimum Gasteiger partial charge on any atom is -0.456 e. The summed E-state index contributed by atoms with van der Waals surface area (Å²) in [6.45, 7) is -0.254. The Kier molecular flexibility index (Phi) is 5.43. The summed E-state index contributed by atoms with van der Waals surface area (Å²) in [5.74, 6) is -1.31. The highest BCUT2D eigenvalue weighted by molar-refractivity contribution is 9.10. The normalized spacial score (nSPS) is 10.5. The topological polar surface area (TPSA) is 39.2 Å². The summed E-state index contributed by atoms with van der Waals surface area (Å²) in [5, 5.41) is 0.0257. The van der Waals surface area contributed by atoms with Crippen molar-refractivity contribution < 1.29 is 13.9 Å². The number of hydrogen-bond acceptors (Lipinski definition) is 3. The van der Waals surface area contributed by atoms with E-state index in [1.165, 1.54) is 18.3 Å². The van der Waals surface area contributed by atoms with Gasteiger partial charge in [-0.2, -0.15) is 0 Å². The smallest absolute Gasteiger partial charge is 0.358 e. The zero-order valence-corrected chi connectivity index (χ0v) is 14.0. The maximum absolute atomic E-state index is 13.6. The summed E-state index contributed by atoms with van der Waals surface area (Å²) in [4.78, 5) is 15.6. The lowest BCUT2D eigenvalue weighted by Crippen LogP contribution is -2.09. The average Bonchev–Trinajstić information content (AvgIpc) is 2.43. The van der Waals surface area contributed by atoms with Gasteiger partial charge in [-0.1, -0.05) is 56.8 Å².